The lowest BCUT2D eigenvalue weighted by Gasteiger charge is -2.16. The van der Waals surface area contributed by atoms with Crippen LogP contribution in [0, 0.1) is 0 Å². The van der Waals surface area contributed by atoms with Gasteiger partial charge in [-0.15, -0.1) is 10.2 Å². The number of nitrogens with one attached hydrogen (secondary N) is 1. The summed E-state index contributed by atoms with van der Waals surface area (Å²) in [5.74, 6) is -0.506. The van der Waals surface area contributed by atoms with Crippen LogP contribution in [0.3, 0.4) is 0 Å². The van der Waals surface area contributed by atoms with Gasteiger partial charge in [-0.2, -0.15) is 0 Å². The average molecular weight is 421 g/mol. The van der Waals surface area contributed by atoms with Crippen molar-refractivity contribution in [2.45, 2.75) is 0 Å². The van der Waals surface area contributed by atoms with Crippen LogP contribution in [0.1, 0.15) is 10.4 Å². The molecular formula is C21H13ClN4O2S. The topological polar surface area (TPSA) is 75.2 Å². The zero-order chi connectivity index (χ0) is 20.0. The first-order valence-corrected chi connectivity index (χ1v) is 10.0. The molecule has 0 saturated carbocycles. The Labute approximate surface area is 174 Å². The number of amides is 2. The van der Waals surface area contributed by atoms with Gasteiger partial charge in [-0.05, 0) is 29.7 Å². The molecule has 2 heterocycles. The summed E-state index contributed by atoms with van der Waals surface area (Å²) in [5.41, 5.74) is 2.23. The summed E-state index contributed by atoms with van der Waals surface area (Å²) >= 11 is 7.17. The van der Waals surface area contributed by atoms with Gasteiger partial charge in [0.15, 0.2) is 0 Å². The van der Waals surface area contributed by atoms with Crippen molar-refractivity contribution in [3.63, 3.8) is 0 Å². The van der Waals surface area contributed by atoms with Crippen molar-refractivity contribution in [3.8, 4) is 10.6 Å². The Bertz CT molecular complexity index is 1260. The number of anilines is 2. The van der Waals surface area contributed by atoms with E-state index in [1.807, 2.05) is 42.5 Å². The summed E-state index contributed by atoms with van der Waals surface area (Å²) in [6.45, 7) is -0.0948. The highest BCUT2D eigenvalue weighted by molar-refractivity contribution is 7.18. The van der Waals surface area contributed by atoms with Gasteiger partial charge in [-0.1, -0.05) is 59.3 Å². The van der Waals surface area contributed by atoms with E-state index < -0.39 is 0 Å². The molecule has 0 atom stereocenters. The standard InChI is InChI=1S/C21H13ClN4O2S/c22-14-9-7-13(8-10-14)19-24-25-21(29-19)23-17(27)11-26-16-6-2-4-12-3-1-5-15(18(12)16)20(26)28/h1-10H,11H2,(H,23,25,27). The molecule has 1 N–H and O–H groups in total. The van der Waals surface area contributed by atoms with Gasteiger partial charge in [0, 0.05) is 21.5 Å². The minimum Gasteiger partial charge on any atom is -0.299 e. The Morgan fingerprint density at radius 2 is 1.79 bits per heavy atom. The lowest BCUT2D eigenvalue weighted by atomic mass is 10.1. The van der Waals surface area contributed by atoms with E-state index in [1.165, 1.54) is 16.2 Å². The van der Waals surface area contributed by atoms with Crippen molar-refractivity contribution in [2.24, 2.45) is 0 Å². The molecule has 2 amide bonds. The third-order valence-corrected chi connectivity index (χ3v) is 5.85. The monoisotopic (exact) mass is 420 g/mol. The number of carbonyl (C=O) groups is 2. The van der Waals surface area contributed by atoms with E-state index in [0.717, 1.165) is 22.0 Å². The number of halogens is 1. The normalized spacial score (nSPS) is 12.6. The van der Waals surface area contributed by atoms with E-state index in [9.17, 15) is 9.59 Å². The Morgan fingerprint density at radius 3 is 2.59 bits per heavy atom. The third kappa shape index (κ3) is 3.14. The van der Waals surface area contributed by atoms with Crippen LogP contribution < -0.4 is 10.2 Å². The Hall–Kier alpha value is -3.29. The van der Waals surface area contributed by atoms with E-state index in [2.05, 4.69) is 15.5 Å². The SMILES string of the molecule is O=C(CN1C(=O)c2cccc3cccc1c23)Nc1nnc(-c2ccc(Cl)cc2)s1. The van der Waals surface area contributed by atoms with Crippen LogP contribution in [0.5, 0.6) is 0 Å². The molecule has 1 aliphatic heterocycles. The molecule has 1 aromatic heterocycles. The van der Waals surface area contributed by atoms with Crippen LogP contribution >= 0.6 is 22.9 Å². The van der Waals surface area contributed by atoms with Gasteiger partial charge >= 0.3 is 0 Å². The van der Waals surface area contributed by atoms with E-state index >= 15 is 0 Å². The van der Waals surface area contributed by atoms with Crippen molar-refractivity contribution in [3.05, 3.63) is 71.2 Å². The number of carbonyl (C=O) groups excluding carboxylic acids is 2. The van der Waals surface area contributed by atoms with Gasteiger partial charge < -0.3 is 0 Å². The van der Waals surface area contributed by atoms with Crippen LogP contribution in [0.15, 0.2) is 60.7 Å². The second-order valence-electron chi connectivity index (χ2n) is 6.54. The number of hydrogen-bond acceptors (Lipinski definition) is 5. The van der Waals surface area contributed by atoms with Gasteiger partial charge in [0.05, 0.1) is 5.69 Å². The minimum atomic E-state index is -0.332. The summed E-state index contributed by atoms with van der Waals surface area (Å²) in [6.07, 6.45) is 0. The van der Waals surface area contributed by atoms with E-state index in [1.54, 1.807) is 18.2 Å². The number of aromatic nitrogens is 2. The maximum Gasteiger partial charge on any atom is 0.259 e. The minimum absolute atomic E-state index is 0.0948. The van der Waals surface area contributed by atoms with Gasteiger partial charge in [0.1, 0.15) is 11.6 Å². The van der Waals surface area contributed by atoms with Gasteiger partial charge in [-0.3, -0.25) is 19.8 Å². The second kappa shape index (κ2) is 6.95. The van der Waals surface area contributed by atoms with Crippen LogP contribution in [0.2, 0.25) is 5.02 Å². The van der Waals surface area contributed by atoms with Gasteiger partial charge in [-0.25, -0.2) is 0 Å². The fraction of sp³-hybridized carbons (Fsp3) is 0.0476. The predicted molar refractivity (Wildman–Crippen MR) is 115 cm³/mol. The molecule has 5 rings (SSSR count). The number of hydrogen-bond donors (Lipinski definition) is 1. The Kier molecular flexibility index (Phi) is 4.26. The first-order valence-electron chi connectivity index (χ1n) is 8.83. The van der Waals surface area contributed by atoms with Crippen molar-refractivity contribution in [1.82, 2.24) is 10.2 Å². The highest BCUT2D eigenvalue weighted by atomic mass is 35.5. The molecule has 0 radical (unpaired) electrons. The van der Waals surface area contributed by atoms with Crippen molar-refractivity contribution < 1.29 is 9.59 Å². The summed E-state index contributed by atoms with van der Waals surface area (Å²) < 4.78 is 0. The van der Waals surface area contributed by atoms with Crippen LogP contribution in [-0.2, 0) is 4.79 Å². The van der Waals surface area contributed by atoms with Crippen LogP contribution in [0.25, 0.3) is 21.3 Å². The van der Waals surface area contributed by atoms with Gasteiger partial charge in [0.2, 0.25) is 11.0 Å². The summed E-state index contributed by atoms with van der Waals surface area (Å²) in [4.78, 5) is 26.9. The first-order chi connectivity index (χ1) is 14.1. The molecule has 8 heteroatoms. The molecule has 0 aliphatic carbocycles. The fourth-order valence-corrected chi connectivity index (χ4v) is 4.31. The third-order valence-electron chi connectivity index (χ3n) is 4.71. The zero-order valence-corrected chi connectivity index (χ0v) is 16.5. The van der Waals surface area contributed by atoms with E-state index in [-0.39, 0.29) is 18.4 Å². The highest BCUT2D eigenvalue weighted by Gasteiger charge is 2.31. The first kappa shape index (κ1) is 17.8. The lowest BCUT2D eigenvalue weighted by molar-refractivity contribution is -0.114. The van der Waals surface area contributed by atoms with Crippen molar-refractivity contribution in [1.29, 1.82) is 0 Å². The zero-order valence-electron chi connectivity index (χ0n) is 14.9. The molecule has 142 valence electrons. The van der Waals surface area contributed by atoms with Crippen molar-refractivity contribution >= 4 is 56.3 Å². The summed E-state index contributed by atoms with van der Waals surface area (Å²) in [7, 11) is 0. The van der Waals surface area contributed by atoms with Crippen molar-refractivity contribution in [2.75, 3.05) is 16.8 Å². The maximum absolute atomic E-state index is 12.8. The maximum atomic E-state index is 12.8. The number of rotatable bonds is 4. The molecular weight excluding hydrogens is 408 g/mol. The molecule has 0 spiro atoms. The van der Waals surface area contributed by atoms with E-state index in [0.29, 0.717) is 20.7 Å². The smallest absolute Gasteiger partial charge is 0.259 e. The lowest BCUT2D eigenvalue weighted by Crippen LogP contribution is -2.35. The van der Waals surface area contributed by atoms with Crippen LogP contribution in [0.4, 0.5) is 10.8 Å². The number of benzene rings is 3. The molecule has 1 aliphatic rings. The Balaban J connectivity index is 1.34. The molecule has 0 fully saturated rings. The van der Waals surface area contributed by atoms with E-state index in [4.69, 9.17) is 11.6 Å². The molecule has 0 saturated heterocycles. The van der Waals surface area contributed by atoms with Gasteiger partial charge in [0.25, 0.3) is 5.91 Å². The second-order valence-corrected chi connectivity index (χ2v) is 7.95. The predicted octanol–water partition coefficient (Wildman–Crippen LogP) is 4.61. The summed E-state index contributed by atoms with van der Waals surface area (Å²) in [5, 5.41) is 14.4. The molecule has 6 nitrogen and oxygen atoms in total. The largest absolute Gasteiger partial charge is 0.299 e. The fourth-order valence-electron chi connectivity index (χ4n) is 3.42. The molecule has 0 unspecified atom stereocenters. The molecule has 4 aromatic rings. The molecule has 3 aromatic carbocycles. The molecule has 0 bridgehead atoms. The van der Waals surface area contributed by atoms with Crippen LogP contribution in [-0.4, -0.2) is 28.6 Å². The Morgan fingerprint density at radius 1 is 1.03 bits per heavy atom. The molecule has 29 heavy (non-hydrogen) atoms. The summed E-state index contributed by atoms with van der Waals surface area (Å²) in [6, 6.07) is 18.5. The highest BCUT2D eigenvalue weighted by Crippen LogP contribution is 2.37. The number of nitrogens with zero attached hydrogens (tertiary/aromatic N) is 3. The average Bonchev–Trinajstić information content (AvgIpc) is 3.29. The quantitative estimate of drug-likeness (QED) is 0.523.